The fraction of sp³-hybridized carbons (Fsp3) is 0.385. The zero-order chi connectivity index (χ0) is 13.3. The van der Waals surface area contributed by atoms with Gasteiger partial charge in [-0.25, -0.2) is 5.84 Å². The van der Waals surface area contributed by atoms with Crippen molar-refractivity contribution in [2.75, 3.05) is 11.4 Å². The first kappa shape index (κ1) is 12.6. The Morgan fingerprint density at radius 1 is 1.39 bits per heavy atom. The van der Waals surface area contributed by atoms with Gasteiger partial charge in [-0.2, -0.15) is 0 Å². The molecule has 1 aliphatic heterocycles. The number of hydrogen-bond acceptors (Lipinski definition) is 3. The van der Waals surface area contributed by atoms with Crippen LogP contribution in [0.3, 0.4) is 0 Å². The lowest BCUT2D eigenvalue weighted by Gasteiger charge is -2.19. The molecule has 1 heterocycles. The van der Waals surface area contributed by atoms with Crippen LogP contribution in [0, 0.1) is 0 Å². The molecule has 0 saturated carbocycles. The highest BCUT2D eigenvalue weighted by Gasteiger charge is 2.43. The van der Waals surface area contributed by atoms with Crippen LogP contribution in [0.1, 0.15) is 25.8 Å². The molecule has 2 rings (SSSR count). The lowest BCUT2D eigenvalue weighted by molar-refractivity contribution is -0.122. The second-order valence-corrected chi connectivity index (χ2v) is 4.92. The van der Waals surface area contributed by atoms with Gasteiger partial charge in [0.25, 0.3) is 0 Å². The van der Waals surface area contributed by atoms with Crippen LogP contribution in [-0.2, 0) is 15.0 Å². The van der Waals surface area contributed by atoms with Crippen molar-refractivity contribution in [2.45, 2.75) is 25.7 Å². The Kier molecular flexibility index (Phi) is 3.09. The Bertz CT molecular complexity index is 497. The minimum atomic E-state index is -0.532. The third-order valence-corrected chi connectivity index (χ3v) is 3.37. The smallest absolute Gasteiger partial charge is 0.237 e. The van der Waals surface area contributed by atoms with E-state index in [0.717, 1.165) is 11.3 Å². The average Bonchev–Trinajstić information content (AvgIpc) is 2.56. The van der Waals surface area contributed by atoms with Gasteiger partial charge in [-0.15, -0.1) is 0 Å². The van der Waals surface area contributed by atoms with Crippen molar-refractivity contribution in [3.63, 3.8) is 0 Å². The molecule has 1 aromatic rings. The fourth-order valence-corrected chi connectivity index (χ4v) is 2.31. The van der Waals surface area contributed by atoms with Crippen molar-refractivity contribution in [3.05, 3.63) is 29.8 Å². The van der Waals surface area contributed by atoms with Gasteiger partial charge in [-0.3, -0.25) is 15.0 Å². The molecule has 2 amide bonds. The van der Waals surface area contributed by atoms with E-state index in [0.29, 0.717) is 6.54 Å². The summed E-state index contributed by atoms with van der Waals surface area (Å²) in [5.74, 6) is 4.78. The SMILES string of the molecule is CC1(C)C(=O)N(CCC(=O)NN)c2ccccc21. The topological polar surface area (TPSA) is 75.4 Å². The molecule has 0 radical (unpaired) electrons. The van der Waals surface area contributed by atoms with Crippen LogP contribution in [0.15, 0.2) is 24.3 Å². The molecule has 5 heteroatoms. The number of carbonyl (C=O) groups excluding carboxylic acids is 2. The summed E-state index contributed by atoms with van der Waals surface area (Å²) in [7, 11) is 0. The first-order chi connectivity index (χ1) is 8.48. The van der Waals surface area contributed by atoms with Gasteiger partial charge in [0.1, 0.15) is 0 Å². The normalized spacial score (nSPS) is 16.6. The van der Waals surface area contributed by atoms with Crippen molar-refractivity contribution >= 4 is 17.5 Å². The van der Waals surface area contributed by atoms with Gasteiger partial charge in [0, 0.05) is 18.7 Å². The van der Waals surface area contributed by atoms with E-state index in [2.05, 4.69) is 5.43 Å². The zero-order valence-electron chi connectivity index (χ0n) is 10.6. The van der Waals surface area contributed by atoms with E-state index < -0.39 is 5.41 Å². The predicted molar refractivity (Wildman–Crippen MR) is 68.8 cm³/mol. The molecule has 96 valence electrons. The molecular formula is C13H17N3O2. The van der Waals surface area contributed by atoms with Crippen LogP contribution in [0.25, 0.3) is 0 Å². The molecule has 0 fully saturated rings. The zero-order valence-corrected chi connectivity index (χ0v) is 10.6. The van der Waals surface area contributed by atoms with E-state index in [4.69, 9.17) is 5.84 Å². The number of benzene rings is 1. The average molecular weight is 247 g/mol. The highest BCUT2D eigenvalue weighted by Crippen LogP contribution is 2.41. The number of fused-ring (bicyclic) bond motifs is 1. The number of nitrogens with two attached hydrogens (primary N) is 1. The number of nitrogens with one attached hydrogen (secondary N) is 1. The van der Waals surface area contributed by atoms with E-state index >= 15 is 0 Å². The summed E-state index contributed by atoms with van der Waals surface area (Å²) >= 11 is 0. The molecule has 0 aliphatic carbocycles. The quantitative estimate of drug-likeness (QED) is 0.469. The summed E-state index contributed by atoms with van der Waals surface area (Å²) in [6.07, 6.45) is 0.201. The Morgan fingerprint density at radius 3 is 2.72 bits per heavy atom. The molecule has 0 spiro atoms. The summed E-state index contributed by atoms with van der Waals surface area (Å²) in [5, 5.41) is 0. The number of rotatable bonds is 3. The molecule has 1 aliphatic rings. The summed E-state index contributed by atoms with van der Waals surface area (Å²) < 4.78 is 0. The van der Waals surface area contributed by atoms with E-state index in [1.165, 1.54) is 0 Å². The molecule has 0 atom stereocenters. The van der Waals surface area contributed by atoms with Crippen LogP contribution >= 0.6 is 0 Å². The summed E-state index contributed by atoms with van der Waals surface area (Å²) in [5.41, 5.74) is 3.43. The number of carbonyl (C=O) groups is 2. The fourth-order valence-electron chi connectivity index (χ4n) is 2.31. The third-order valence-electron chi connectivity index (χ3n) is 3.37. The largest absolute Gasteiger partial charge is 0.311 e. The monoisotopic (exact) mass is 247 g/mol. The van der Waals surface area contributed by atoms with Crippen molar-refractivity contribution in [2.24, 2.45) is 5.84 Å². The highest BCUT2D eigenvalue weighted by atomic mass is 16.2. The van der Waals surface area contributed by atoms with E-state index in [1.807, 2.05) is 38.1 Å². The van der Waals surface area contributed by atoms with Crippen LogP contribution in [0.5, 0.6) is 0 Å². The van der Waals surface area contributed by atoms with E-state index in [1.54, 1.807) is 4.90 Å². The molecule has 0 unspecified atom stereocenters. The van der Waals surface area contributed by atoms with E-state index in [9.17, 15) is 9.59 Å². The molecule has 0 bridgehead atoms. The van der Waals surface area contributed by atoms with Gasteiger partial charge in [-0.1, -0.05) is 18.2 Å². The number of anilines is 1. The van der Waals surface area contributed by atoms with Crippen LogP contribution in [0.2, 0.25) is 0 Å². The van der Waals surface area contributed by atoms with Gasteiger partial charge in [0.2, 0.25) is 11.8 Å². The summed E-state index contributed by atoms with van der Waals surface area (Å²) in [4.78, 5) is 25.2. The first-order valence-corrected chi connectivity index (χ1v) is 5.89. The number of nitrogens with zero attached hydrogens (tertiary/aromatic N) is 1. The molecule has 0 saturated heterocycles. The van der Waals surface area contributed by atoms with Crippen molar-refractivity contribution in [1.29, 1.82) is 0 Å². The molecule has 5 nitrogen and oxygen atoms in total. The minimum Gasteiger partial charge on any atom is -0.311 e. The lowest BCUT2D eigenvalue weighted by Crippen LogP contribution is -2.39. The maximum atomic E-state index is 12.3. The van der Waals surface area contributed by atoms with Crippen LogP contribution in [-0.4, -0.2) is 18.4 Å². The van der Waals surface area contributed by atoms with E-state index in [-0.39, 0.29) is 18.2 Å². The number of hydrazine groups is 1. The van der Waals surface area contributed by atoms with Crippen molar-refractivity contribution < 1.29 is 9.59 Å². The molecule has 3 N–H and O–H groups in total. The maximum Gasteiger partial charge on any atom is 0.237 e. The number of para-hydroxylation sites is 1. The minimum absolute atomic E-state index is 0.0218. The predicted octanol–water partition coefficient (Wildman–Crippen LogP) is 0.691. The number of hydrogen-bond donors (Lipinski definition) is 2. The summed E-state index contributed by atoms with van der Waals surface area (Å²) in [6.45, 7) is 4.15. The number of amides is 2. The third kappa shape index (κ3) is 1.86. The van der Waals surface area contributed by atoms with Crippen molar-refractivity contribution in [3.8, 4) is 0 Å². The molecule has 18 heavy (non-hydrogen) atoms. The van der Waals surface area contributed by atoms with Gasteiger partial charge in [0.05, 0.1) is 5.41 Å². The second kappa shape index (κ2) is 4.42. The van der Waals surface area contributed by atoms with Crippen LogP contribution in [0.4, 0.5) is 5.69 Å². The Morgan fingerprint density at radius 2 is 2.06 bits per heavy atom. The second-order valence-electron chi connectivity index (χ2n) is 4.92. The van der Waals surface area contributed by atoms with Crippen LogP contribution < -0.4 is 16.2 Å². The van der Waals surface area contributed by atoms with Gasteiger partial charge < -0.3 is 4.90 Å². The highest BCUT2D eigenvalue weighted by molar-refractivity contribution is 6.07. The van der Waals surface area contributed by atoms with Gasteiger partial charge >= 0.3 is 0 Å². The maximum absolute atomic E-state index is 12.3. The Labute approximate surface area is 106 Å². The molecular weight excluding hydrogens is 230 g/mol. The summed E-state index contributed by atoms with van der Waals surface area (Å²) in [6, 6.07) is 7.67. The Balaban J connectivity index is 2.27. The van der Waals surface area contributed by atoms with Gasteiger partial charge in [-0.05, 0) is 25.5 Å². The van der Waals surface area contributed by atoms with Crippen molar-refractivity contribution in [1.82, 2.24) is 5.43 Å². The van der Waals surface area contributed by atoms with Gasteiger partial charge in [0.15, 0.2) is 0 Å². The molecule has 1 aromatic carbocycles. The molecule has 0 aromatic heterocycles. The standard InChI is InChI=1S/C13H17N3O2/c1-13(2)9-5-3-4-6-10(9)16(12(13)18)8-7-11(17)15-14/h3-6H,7-8,14H2,1-2H3,(H,15,17). The Hall–Kier alpha value is -1.88. The first-order valence-electron chi connectivity index (χ1n) is 5.89. The lowest BCUT2D eigenvalue weighted by atomic mass is 9.86.